The van der Waals surface area contributed by atoms with Gasteiger partial charge in [-0.1, -0.05) is 13.8 Å². The van der Waals surface area contributed by atoms with Crippen molar-refractivity contribution in [1.29, 1.82) is 0 Å². The predicted molar refractivity (Wildman–Crippen MR) is 64.3 cm³/mol. The van der Waals surface area contributed by atoms with Crippen LogP contribution in [0.2, 0.25) is 0 Å². The molecule has 1 aliphatic heterocycles. The van der Waals surface area contributed by atoms with Crippen LogP contribution in [0.25, 0.3) is 0 Å². The second-order valence-corrected chi connectivity index (χ2v) is 5.91. The Hall–Kier alpha value is -0.970. The van der Waals surface area contributed by atoms with E-state index in [1.54, 1.807) is 0 Å². The van der Waals surface area contributed by atoms with E-state index in [9.17, 15) is 0 Å². The highest BCUT2D eigenvalue weighted by Gasteiger charge is 2.29. The van der Waals surface area contributed by atoms with Gasteiger partial charge in [0.2, 0.25) is 0 Å². The van der Waals surface area contributed by atoms with Crippen LogP contribution in [0, 0.1) is 11.8 Å². The van der Waals surface area contributed by atoms with E-state index >= 15 is 0 Å². The first kappa shape index (κ1) is 11.1. The van der Waals surface area contributed by atoms with Crippen molar-refractivity contribution in [2.24, 2.45) is 11.8 Å². The summed E-state index contributed by atoms with van der Waals surface area (Å²) < 4.78 is 2.03. The fraction of sp³-hybridized carbons (Fsp3) is 0.917. The number of tetrazole rings is 1. The third kappa shape index (κ3) is 2.49. The lowest BCUT2D eigenvalue weighted by atomic mass is 9.92. The van der Waals surface area contributed by atoms with E-state index in [1.807, 2.05) is 4.68 Å². The van der Waals surface area contributed by atoms with Gasteiger partial charge in [-0.05, 0) is 41.5 Å². The van der Waals surface area contributed by atoms with Gasteiger partial charge in [0, 0.05) is 13.1 Å². The Labute approximate surface area is 102 Å². The summed E-state index contributed by atoms with van der Waals surface area (Å²) in [6.07, 6.45) is 3.83. The molecule has 1 aliphatic carbocycles. The van der Waals surface area contributed by atoms with Crippen LogP contribution in [0.1, 0.15) is 45.0 Å². The molecule has 3 rings (SSSR count). The monoisotopic (exact) mass is 235 g/mol. The number of hydrogen-bond donors (Lipinski definition) is 0. The van der Waals surface area contributed by atoms with E-state index < -0.39 is 0 Å². The van der Waals surface area contributed by atoms with Crippen LogP contribution in [-0.4, -0.2) is 38.2 Å². The quantitative estimate of drug-likeness (QED) is 0.796. The van der Waals surface area contributed by atoms with Gasteiger partial charge in [0.25, 0.3) is 0 Å². The average Bonchev–Trinajstić information content (AvgIpc) is 2.99. The highest BCUT2D eigenvalue weighted by molar-refractivity contribution is 4.91. The Balaban J connectivity index is 1.67. The summed E-state index contributed by atoms with van der Waals surface area (Å²) in [5, 5.41) is 12.1. The van der Waals surface area contributed by atoms with Gasteiger partial charge in [0.05, 0.1) is 12.6 Å². The molecule has 2 atom stereocenters. The molecule has 0 amide bonds. The first-order valence-corrected chi connectivity index (χ1v) is 6.71. The Morgan fingerprint density at radius 2 is 1.88 bits per heavy atom. The second kappa shape index (κ2) is 4.37. The maximum Gasteiger partial charge on any atom is 0.165 e. The summed E-state index contributed by atoms with van der Waals surface area (Å²) in [5.41, 5.74) is 0. The zero-order chi connectivity index (χ0) is 11.8. The molecule has 5 heteroatoms. The minimum Gasteiger partial charge on any atom is -0.295 e. The molecule has 17 heavy (non-hydrogen) atoms. The second-order valence-electron chi connectivity index (χ2n) is 5.91. The van der Waals surface area contributed by atoms with Gasteiger partial charge < -0.3 is 0 Å². The molecule has 0 N–H and O–H groups in total. The van der Waals surface area contributed by atoms with Crippen molar-refractivity contribution in [2.75, 3.05) is 13.1 Å². The summed E-state index contributed by atoms with van der Waals surface area (Å²) in [6, 6.07) is 0.583. The molecule has 0 aromatic carbocycles. The molecule has 2 aliphatic rings. The van der Waals surface area contributed by atoms with E-state index in [1.165, 1.54) is 32.4 Å². The van der Waals surface area contributed by atoms with E-state index in [0.29, 0.717) is 6.04 Å². The summed E-state index contributed by atoms with van der Waals surface area (Å²) in [6.45, 7) is 7.96. The minimum atomic E-state index is 0.583. The summed E-state index contributed by atoms with van der Waals surface area (Å²) >= 11 is 0. The van der Waals surface area contributed by atoms with Crippen LogP contribution >= 0.6 is 0 Å². The molecule has 0 bridgehead atoms. The molecule has 1 aromatic heterocycles. The van der Waals surface area contributed by atoms with Crippen molar-refractivity contribution in [2.45, 2.75) is 45.7 Å². The molecule has 1 saturated carbocycles. The van der Waals surface area contributed by atoms with Gasteiger partial charge in [-0.2, -0.15) is 0 Å². The number of aromatic nitrogens is 4. The molecule has 2 heterocycles. The van der Waals surface area contributed by atoms with Crippen LogP contribution in [0.15, 0.2) is 0 Å². The van der Waals surface area contributed by atoms with Gasteiger partial charge in [0.1, 0.15) is 0 Å². The third-order valence-electron chi connectivity index (χ3n) is 3.76. The molecule has 1 aromatic rings. The summed E-state index contributed by atoms with van der Waals surface area (Å²) in [5.74, 6) is 2.64. The number of nitrogens with zero attached hydrogens (tertiary/aromatic N) is 5. The first-order chi connectivity index (χ1) is 8.22. The van der Waals surface area contributed by atoms with Crippen molar-refractivity contribution in [3.8, 4) is 0 Å². The van der Waals surface area contributed by atoms with Gasteiger partial charge in [-0.15, -0.1) is 5.10 Å². The van der Waals surface area contributed by atoms with E-state index in [0.717, 1.165) is 24.2 Å². The standard InChI is InChI=1S/C12H21N5/c1-9-5-10(2)7-16(6-9)8-12-13-14-15-17(12)11-3-4-11/h9-11H,3-8H2,1-2H3/t9-,10+. The van der Waals surface area contributed by atoms with Crippen LogP contribution in [0.3, 0.4) is 0 Å². The molecule has 0 spiro atoms. The fourth-order valence-electron chi connectivity index (χ4n) is 3.04. The number of likely N-dealkylation sites (tertiary alicyclic amines) is 1. The van der Waals surface area contributed by atoms with Gasteiger partial charge >= 0.3 is 0 Å². The molecule has 0 radical (unpaired) electrons. The lowest BCUT2D eigenvalue weighted by Gasteiger charge is -2.34. The van der Waals surface area contributed by atoms with Crippen LogP contribution < -0.4 is 0 Å². The highest BCUT2D eigenvalue weighted by Crippen LogP contribution is 2.34. The van der Waals surface area contributed by atoms with Crippen LogP contribution in [-0.2, 0) is 6.54 Å². The first-order valence-electron chi connectivity index (χ1n) is 6.71. The van der Waals surface area contributed by atoms with Crippen molar-refractivity contribution in [1.82, 2.24) is 25.1 Å². The zero-order valence-electron chi connectivity index (χ0n) is 10.7. The Morgan fingerprint density at radius 3 is 2.53 bits per heavy atom. The van der Waals surface area contributed by atoms with Crippen molar-refractivity contribution in [3.63, 3.8) is 0 Å². The molecule has 5 nitrogen and oxygen atoms in total. The summed E-state index contributed by atoms with van der Waals surface area (Å²) in [4.78, 5) is 2.50. The predicted octanol–water partition coefficient (Wildman–Crippen LogP) is 1.49. The minimum absolute atomic E-state index is 0.583. The molecular formula is C12H21N5. The molecule has 0 unspecified atom stereocenters. The van der Waals surface area contributed by atoms with Gasteiger partial charge in [0.15, 0.2) is 5.82 Å². The average molecular weight is 235 g/mol. The molecule has 2 fully saturated rings. The van der Waals surface area contributed by atoms with E-state index in [4.69, 9.17) is 0 Å². The van der Waals surface area contributed by atoms with Gasteiger partial charge in [-0.25, -0.2) is 4.68 Å². The molecule has 1 saturated heterocycles. The largest absolute Gasteiger partial charge is 0.295 e. The Kier molecular flexibility index (Phi) is 2.86. The Morgan fingerprint density at radius 1 is 1.18 bits per heavy atom. The van der Waals surface area contributed by atoms with Crippen LogP contribution in [0.5, 0.6) is 0 Å². The topological polar surface area (TPSA) is 46.8 Å². The lowest BCUT2D eigenvalue weighted by molar-refractivity contribution is 0.129. The third-order valence-corrected chi connectivity index (χ3v) is 3.76. The molecular weight excluding hydrogens is 214 g/mol. The van der Waals surface area contributed by atoms with E-state index in [2.05, 4.69) is 34.3 Å². The lowest BCUT2D eigenvalue weighted by Crippen LogP contribution is -2.38. The SMILES string of the molecule is C[C@@H]1C[C@H](C)CN(Cc2nnnn2C2CC2)C1. The summed E-state index contributed by atoms with van der Waals surface area (Å²) in [7, 11) is 0. The smallest absolute Gasteiger partial charge is 0.165 e. The number of hydrogen-bond acceptors (Lipinski definition) is 4. The normalized spacial score (nSPS) is 30.7. The highest BCUT2D eigenvalue weighted by atomic mass is 15.6. The Bertz CT molecular complexity index is 374. The van der Waals surface area contributed by atoms with E-state index in [-0.39, 0.29) is 0 Å². The van der Waals surface area contributed by atoms with Gasteiger partial charge in [-0.3, -0.25) is 4.90 Å². The number of rotatable bonds is 3. The van der Waals surface area contributed by atoms with Crippen molar-refractivity contribution < 1.29 is 0 Å². The maximum absolute atomic E-state index is 4.18. The number of piperidine rings is 1. The van der Waals surface area contributed by atoms with Crippen molar-refractivity contribution in [3.05, 3.63) is 5.82 Å². The van der Waals surface area contributed by atoms with Crippen LogP contribution in [0.4, 0.5) is 0 Å². The zero-order valence-corrected chi connectivity index (χ0v) is 10.7. The molecule has 94 valence electrons. The van der Waals surface area contributed by atoms with Crippen molar-refractivity contribution >= 4 is 0 Å². The maximum atomic E-state index is 4.18. The fourth-order valence-corrected chi connectivity index (χ4v) is 3.04.